The molecule has 1 aromatic rings. The van der Waals surface area contributed by atoms with Crippen LogP contribution in [0.3, 0.4) is 0 Å². The Labute approximate surface area is 108 Å². The summed E-state index contributed by atoms with van der Waals surface area (Å²) in [5, 5.41) is 7.24. The molecule has 2 rings (SSSR count). The van der Waals surface area contributed by atoms with Crippen molar-refractivity contribution in [2.24, 2.45) is 11.7 Å². The molecule has 1 unspecified atom stereocenters. The molecule has 0 radical (unpaired) electrons. The van der Waals surface area contributed by atoms with Gasteiger partial charge in [0.2, 0.25) is 5.91 Å². The fourth-order valence-electron chi connectivity index (χ4n) is 1.91. The van der Waals surface area contributed by atoms with Gasteiger partial charge in [-0.1, -0.05) is 5.21 Å². The second kappa shape index (κ2) is 4.82. The maximum atomic E-state index is 12.8. The number of carbonyl (C=O) groups is 1. The van der Waals surface area contributed by atoms with Crippen LogP contribution in [0, 0.1) is 5.92 Å². The van der Waals surface area contributed by atoms with E-state index >= 15 is 0 Å². The van der Waals surface area contributed by atoms with Crippen LogP contribution < -0.4 is 5.73 Å². The van der Waals surface area contributed by atoms with Gasteiger partial charge in [0.1, 0.15) is 6.04 Å². The second-order valence-electron chi connectivity index (χ2n) is 4.94. The summed E-state index contributed by atoms with van der Waals surface area (Å²) >= 11 is 0. The van der Waals surface area contributed by atoms with Crippen LogP contribution in [0.5, 0.6) is 0 Å². The lowest BCUT2D eigenvalue weighted by atomic mass is 10.1. The van der Waals surface area contributed by atoms with Gasteiger partial charge in [-0.2, -0.15) is 13.2 Å². The van der Waals surface area contributed by atoms with E-state index in [2.05, 4.69) is 10.3 Å². The van der Waals surface area contributed by atoms with Crippen LogP contribution in [0.2, 0.25) is 0 Å². The summed E-state index contributed by atoms with van der Waals surface area (Å²) in [7, 11) is 0. The van der Waals surface area contributed by atoms with Gasteiger partial charge in [-0.15, -0.1) is 5.10 Å². The normalized spacial score (nSPS) is 17.5. The monoisotopic (exact) mass is 276 g/mol. The fourth-order valence-corrected chi connectivity index (χ4v) is 1.91. The van der Waals surface area contributed by atoms with Gasteiger partial charge in [0.05, 0.1) is 17.8 Å². The minimum Gasteiger partial charge on any atom is -0.369 e. The van der Waals surface area contributed by atoms with Gasteiger partial charge < -0.3 is 5.73 Å². The number of primary amides is 1. The molecule has 0 bridgehead atoms. The van der Waals surface area contributed by atoms with Crippen molar-refractivity contribution >= 4 is 5.91 Å². The van der Waals surface area contributed by atoms with Gasteiger partial charge in [0.25, 0.3) is 0 Å². The number of carbonyl (C=O) groups excluding carboxylic acids is 1. The molecule has 1 saturated carbocycles. The van der Waals surface area contributed by atoms with E-state index in [1.165, 1.54) is 0 Å². The Hall–Kier alpha value is -1.60. The first-order chi connectivity index (χ1) is 8.79. The van der Waals surface area contributed by atoms with Crippen LogP contribution in [0.25, 0.3) is 0 Å². The number of hydrogen-bond acceptors (Lipinski definition) is 3. The van der Waals surface area contributed by atoms with E-state index in [-0.39, 0.29) is 12.1 Å². The summed E-state index contributed by atoms with van der Waals surface area (Å²) in [5.41, 5.74) is 5.71. The number of rotatable bonds is 5. The predicted octanol–water partition coefficient (Wildman–Crippen LogP) is 1.38. The van der Waals surface area contributed by atoms with Crippen molar-refractivity contribution in [2.45, 2.75) is 44.8 Å². The molecule has 5 nitrogen and oxygen atoms in total. The summed E-state index contributed by atoms with van der Waals surface area (Å²) in [6.45, 7) is 1.03. The Kier molecular flexibility index (Phi) is 3.51. The van der Waals surface area contributed by atoms with Crippen LogP contribution >= 0.6 is 0 Å². The van der Waals surface area contributed by atoms with Crippen LogP contribution in [-0.2, 0) is 17.6 Å². The molecule has 8 heteroatoms. The summed E-state index contributed by atoms with van der Waals surface area (Å²) < 4.78 is 39.2. The number of nitrogens with two attached hydrogens (primary N) is 1. The molecule has 0 aromatic carbocycles. The van der Waals surface area contributed by atoms with Crippen LogP contribution in [0.1, 0.15) is 37.2 Å². The van der Waals surface area contributed by atoms with E-state index in [1.54, 1.807) is 0 Å². The number of hydrogen-bond donors (Lipinski definition) is 1. The van der Waals surface area contributed by atoms with Gasteiger partial charge in [-0.3, -0.25) is 4.79 Å². The van der Waals surface area contributed by atoms with Crippen molar-refractivity contribution in [3.63, 3.8) is 0 Å². The third kappa shape index (κ3) is 3.24. The maximum absolute atomic E-state index is 12.8. The van der Waals surface area contributed by atoms with Gasteiger partial charge in [-0.05, 0) is 32.1 Å². The van der Waals surface area contributed by atoms with Gasteiger partial charge in [-0.25, -0.2) is 4.68 Å². The smallest absolute Gasteiger partial charge is 0.369 e. The van der Waals surface area contributed by atoms with Gasteiger partial charge in [0.15, 0.2) is 0 Å². The number of alkyl halides is 3. The van der Waals surface area contributed by atoms with Crippen molar-refractivity contribution in [1.29, 1.82) is 0 Å². The molecule has 106 valence electrons. The first kappa shape index (κ1) is 13.8. The average molecular weight is 276 g/mol. The molecule has 19 heavy (non-hydrogen) atoms. The number of halogens is 3. The van der Waals surface area contributed by atoms with E-state index in [4.69, 9.17) is 5.73 Å². The molecular weight excluding hydrogens is 261 g/mol. The van der Waals surface area contributed by atoms with Crippen molar-refractivity contribution in [1.82, 2.24) is 15.0 Å². The summed E-state index contributed by atoms with van der Waals surface area (Å²) in [6.07, 6.45) is -2.12. The highest BCUT2D eigenvalue weighted by atomic mass is 19.4. The molecule has 0 aliphatic heterocycles. The van der Waals surface area contributed by atoms with Gasteiger partial charge >= 0.3 is 6.18 Å². The van der Waals surface area contributed by atoms with Crippen molar-refractivity contribution in [2.75, 3.05) is 0 Å². The van der Waals surface area contributed by atoms with E-state index in [9.17, 15) is 18.0 Å². The molecule has 1 aromatic heterocycles. The highest BCUT2D eigenvalue weighted by molar-refractivity contribution is 5.76. The summed E-state index contributed by atoms with van der Waals surface area (Å²) in [6, 6.07) is -1.75. The Morgan fingerprint density at radius 3 is 2.63 bits per heavy atom. The highest BCUT2D eigenvalue weighted by Crippen LogP contribution is 2.36. The van der Waals surface area contributed by atoms with Crippen molar-refractivity contribution in [3.05, 3.63) is 11.4 Å². The standard InChI is InChI=1S/C11H15F3N4O/c1-6(11(12,13)14)18-9(4-7-2-3-7)8(16-17-18)5-10(15)19/h6-7H,2-5H2,1H3,(H2,15,19). The predicted molar refractivity (Wildman–Crippen MR) is 60.1 cm³/mol. The van der Waals surface area contributed by atoms with Crippen LogP contribution in [-0.4, -0.2) is 27.1 Å². The van der Waals surface area contributed by atoms with E-state index in [0.717, 1.165) is 24.4 Å². The zero-order valence-corrected chi connectivity index (χ0v) is 10.4. The number of nitrogens with zero attached hydrogens (tertiary/aromatic N) is 3. The van der Waals surface area contributed by atoms with Crippen LogP contribution in [0.4, 0.5) is 13.2 Å². The molecule has 0 saturated heterocycles. The maximum Gasteiger partial charge on any atom is 0.410 e. The molecule has 1 atom stereocenters. The minimum absolute atomic E-state index is 0.174. The second-order valence-corrected chi connectivity index (χ2v) is 4.94. The summed E-state index contributed by atoms with van der Waals surface area (Å²) in [4.78, 5) is 10.9. The zero-order valence-electron chi connectivity index (χ0n) is 10.4. The molecule has 1 fully saturated rings. The third-order valence-electron chi connectivity index (χ3n) is 3.23. The molecule has 1 aliphatic carbocycles. The SMILES string of the molecule is CC(n1nnc(CC(N)=O)c1CC1CC1)C(F)(F)F. The minimum atomic E-state index is -4.39. The Balaban J connectivity index is 2.31. The van der Waals surface area contributed by atoms with E-state index in [0.29, 0.717) is 18.0 Å². The fraction of sp³-hybridized carbons (Fsp3) is 0.727. The Bertz CT molecular complexity index is 479. The largest absolute Gasteiger partial charge is 0.410 e. The average Bonchev–Trinajstić information content (AvgIpc) is 3.00. The zero-order chi connectivity index (χ0) is 14.2. The lowest BCUT2D eigenvalue weighted by molar-refractivity contribution is -0.166. The lowest BCUT2D eigenvalue weighted by Crippen LogP contribution is -2.26. The molecule has 2 N–H and O–H groups in total. The first-order valence-electron chi connectivity index (χ1n) is 6.07. The highest BCUT2D eigenvalue weighted by Gasteiger charge is 2.40. The molecule has 1 heterocycles. The molecule has 1 aliphatic rings. The topological polar surface area (TPSA) is 73.8 Å². The van der Waals surface area contributed by atoms with Gasteiger partial charge in [0, 0.05) is 0 Å². The lowest BCUT2D eigenvalue weighted by Gasteiger charge is -2.18. The Morgan fingerprint density at radius 2 is 2.16 bits per heavy atom. The Morgan fingerprint density at radius 1 is 1.53 bits per heavy atom. The van der Waals surface area contributed by atoms with Crippen LogP contribution in [0.15, 0.2) is 0 Å². The van der Waals surface area contributed by atoms with E-state index in [1.807, 2.05) is 0 Å². The summed E-state index contributed by atoms with van der Waals surface area (Å²) in [5.74, 6) is -0.256. The third-order valence-corrected chi connectivity index (χ3v) is 3.23. The molecule has 1 amide bonds. The van der Waals surface area contributed by atoms with Crippen molar-refractivity contribution < 1.29 is 18.0 Å². The molecule has 0 spiro atoms. The quantitative estimate of drug-likeness (QED) is 0.883. The molecular formula is C11H15F3N4O. The first-order valence-corrected chi connectivity index (χ1v) is 6.07. The van der Waals surface area contributed by atoms with E-state index < -0.39 is 18.1 Å². The number of amides is 1. The van der Waals surface area contributed by atoms with Crippen molar-refractivity contribution in [3.8, 4) is 0 Å². The number of aromatic nitrogens is 3.